The molecule has 3 rings (SSSR count). The molecule has 22 heavy (non-hydrogen) atoms. The van der Waals surface area contributed by atoms with Gasteiger partial charge in [0.05, 0.1) is 18.5 Å². The van der Waals surface area contributed by atoms with Gasteiger partial charge in [0.2, 0.25) is 0 Å². The van der Waals surface area contributed by atoms with Crippen LogP contribution in [0.2, 0.25) is 0 Å². The Balaban J connectivity index is 1.67. The van der Waals surface area contributed by atoms with E-state index in [-0.39, 0.29) is 0 Å². The molecule has 2 N–H and O–H groups in total. The minimum atomic E-state index is 0.446. The molecule has 0 saturated carbocycles. The average molecular weight is 311 g/mol. The molecule has 1 aliphatic rings. The van der Waals surface area contributed by atoms with E-state index >= 15 is 0 Å². The van der Waals surface area contributed by atoms with Gasteiger partial charge in [-0.1, -0.05) is 36.4 Å². The molecule has 0 aliphatic heterocycles. The number of aryl methyl sites for hydroxylation is 1. The van der Waals surface area contributed by atoms with Crippen LogP contribution in [-0.4, -0.2) is 17.9 Å². The highest BCUT2D eigenvalue weighted by molar-refractivity contribution is 7.80. The van der Waals surface area contributed by atoms with Crippen LogP contribution in [0.25, 0.3) is 0 Å². The van der Waals surface area contributed by atoms with E-state index in [0.29, 0.717) is 5.11 Å². The third-order valence-corrected chi connectivity index (χ3v) is 3.80. The zero-order valence-corrected chi connectivity index (χ0v) is 13.1. The van der Waals surface area contributed by atoms with Crippen LogP contribution in [-0.2, 0) is 6.42 Å². The summed E-state index contributed by atoms with van der Waals surface area (Å²) in [5, 5.41) is 7.98. The van der Waals surface area contributed by atoms with Crippen molar-refractivity contribution < 1.29 is 4.74 Å². The zero-order valence-electron chi connectivity index (χ0n) is 12.3. The number of hydrogen-bond donors (Lipinski definition) is 2. The summed E-state index contributed by atoms with van der Waals surface area (Å²) in [6, 6.07) is 16.0. The van der Waals surface area contributed by atoms with Gasteiger partial charge in [0.15, 0.2) is 5.11 Å². The average Bonchev–Trinajstić information content (AvgIpc) is 2.97. The monoisotopic (exact) mass is 311 g/mol. The Morgan fingerprint density at radius 1 is 1.09 bits per heavy atom. The first-order valence-corrected chi connectivity index (χ1v) is 7.53. The summed E-state index contributed by atoms with van der Waals surface area (Å²) in [6.45, 7) is 0. The van der Waals surface area contributed by atoms with Crippen LogP contribution < -0.4 is 15.5 Å². The van der Waals surface area contributed by atoms with Gasteiger partial charge in [0, 0.05) is 5.56 Å². The first-order valence-electron chi connectivity index (χ1n) is 7.13. The number of para-hydroxylation sites is 2. The molecule has 5 heteroatoms. The summed E-state index contributed by atoms with van der Waals surface area (Å²) in [7, 11) is 1.63. The highest BCUT2D eigenvalue weighted by Crippen LogP contribution is 2.23. The predicted octanol–water partition coefficient (Wildman–Crippen LogP) is 3.33. The van der Waals surface area contributed by atoms with E-state index in [9.17, 15) is 0 Å². The molecule has 0 heterocycles. The van der Waals surface area contributed by atoms with E-state index in [4.69, 9.17) is 17.0 Å². The molecule has 4 nitrogen and oxygen atoms in total. The van der Waals surface area contributed by atoms with Gasteiger partial charge in [-0.3, -0.25) is 5.43 Å². The molecule has 0 aromatic heterocycles. The number of hydrogen-bond acceptors (Lipinski definition) is 3. The van der Waals surface area contributed by atoms with Gasteiger partial charge in [-0.15, -0.1) is 0 Å². The van der Waals surface area contributed by atoms with Gasteiger partial charge < -0.3 is 10.1 Å². The summed E-state index contributed by atoms with van der Waals surface area (Å²) >= 11 is 5.29. The third kappa shape index (κ3) is 3.09. The molecular weight excluding hydrogens is 294 g/mol. The summed E-state index contributed by atoms with van der Waals surface area (Å²) in [6.07, 6.45) is 1.97. The number of rotatable bonds is 3. The molecule has 0 radical (unpaired) electrons. The molecule has 0 fully saturated rings. The number of ether oxygens (including phenoxy) is 1. The fraction of sp³-hybridized carbons (Fsp3) is 0.176. The van der Waals surface area contributed by atoms with Gasteiger partial charge >= 0.3 is 0 Å². The molecular formula is C17H17N3OS. The number of benzene rings is 2. The van der Waals surface area contributed by atoms with E-state index in [1.54, 1.807) is 7.11 Å². The molecule has 112 valence electrons. The molecule has 0 saturated heterocycles. The van der Waals surface area contributed by atoms with Crippen molar-refractivity contribution in [3.05, 3.63) is 59.7 Å². The van der Waals surface area contributed by atoms with Crippen LogP contribution >= 0.6 is 12.2 Å². The number of hydrazone groups is 1. The van der Waals surface area contributed by atoms with Crippen molar-refractivity contribution in [1.29, 1.82) is 0 Å². The van der Waals surface area contributed by atoms with E-state index in [2.05, 4.69) is 34.0 Å². The number of nitrogens with zero attached hydrogens (tertiary/aromatic N) is 1. The molecule has 2 aromatic rings. The number of fused-ring (bicyclic) bond motifs is 1. The van der Waals surface area contributed by atoms with E-state index in [1.165, 1.54) is 11.1 Å². The number of thiocarbonyl (C=S) groups is 1. The molecule has 0 amide bonds. The van der Waals surface area contributed by atoms with Crippen molar-refractivity contribution >= 4 is 28.7 Å². The van der Waals surface area contributed by atoms with Gasteiger partial charge in [-0.25, -0.2) is 0 Å². The maximum absolute atomic E-state index is 5.29. The zero-order chi connectivity index (χ0) is 15.4. The van der Waals surface area contributed by atoms with Gasteiger partial charge in [0.25, 0.3) is 0 Å². The molecule has 1 aliphatic carbocycles. The number of nitrogens with one attached hydrogen (secondary N) is 2. The van der Waals surface area contributed by atoms with Crippen LogP contribution in [0.15, 0.2) is 53.6 Å². The predicted molar refractivity (Wildman–Crippen MR) is 93.7 cm³/mol. The minimum absolute atomic E-state index is 0.446. The highest BCUT2D eigenvalue weighted by Gasteiger charge is 2.16. The van der Waals surface area contributed by atoms with Crippen LogP contribution in [0.3, 0.4) is 0 Å². The molecule has 0 atom stereocenters. The van der Waals surface area contributed by atoms with Crippen molar-refractivity contribution in [3.63, 3.8) is 0 Å². The molecule has 2 aromatic carbocycles. The molecule has 0 unspecified atom stereocenters. The normalized spacial score (nSPS) is 14.5. The SMILES string of the molecule is COc1ccccc1NC(=S)N/N=C1\CCc2ccccc21. The second kappa shape index (κ2) is 6.58. The largest absolute Gasteiger partial charge is 0.495 e. The Kier molecular flexibility index (Phi) is 4.34. The standard InChI is InChI=1S/C17H17N3OS/c1-21-16-9-5-4-8-15(16)18-17(22)20-19-14-11-10-12-6-2-3-7-13(12)14/h2-9H,10-11H2,1H3,(H2,18,20,22)/b19-14+. The Labute approximate surface area is 135 Å². The summed E-state index contributed by atoms with van der Waals surface area (Å²) in [5.41, 5.74) is 7.32. The van der Waals surface area contributed by atoms with Crippen LogP contribution in [0, 0.1) is 0 Å². The second-order valence-electron chi connectivity index (χ2n) is 4.98. The summed E-state index contributed by atoms with van der Waals surface area (Å²) in [5.74, 6) is 0.741. The van der Waals surface area contributed by atoms with Crippen molar-refractivity contribution in [2.75, 3.05) is 12.4 Å². The van der Waals surface area contributed by atoms with Crippen LogP contribution in [0.4, 0.5) is 5.69 Å². The topological polar surface area (TPSA) is 45.6 Å². The lowest BCUT2D eigenvalue weighted by molar-refractivity contribution is 0.417. The lowest BCUT2D eigenvalue weighted by Crippen LogP contribution is -2.25. The lowest BCUT2D eigenvalue weighted by atomic mass is 10.1. The van der Waals surface area contributed by atoms with E-state index in [1.807, 2.05) is 30.3 Å². The fourth-order valence-corrected chi connectivity index (χ4v) is 2.70. The first-order chi connectivity index (χ1) is 10.8. The van der Waals surface area contributed by atoms with Crippen molar-refractivity contribution in [2.45, 2.75) is 12.8 Å². The smallest absolute Gasteiger partial charge is 0.191 e. The molecule has 0 bridgehead atoms. The summed E-state index contributed by atoms with van der Waals surface area (Å²) in [4.78, 5) is 0. The van der Waals surface area contributed by atoms with E-state index in [0.717, 1.165) is 30.0 Å². The van der Waals surface area contributed by atoms with Crippen molar-refractivity contribution in [1.82, 2.24) is 5.43 Å². The Hall–Kier alpha value is -2.40. The van der Waals surface area contributed by atoms with Crippen molar-refractivity contribution in [2.24, 2.45) is 5.10 Å². The Bertz CT molecular complexity index is 727. The maximum Gasteiger partial charge on any atom is 0.191 e. The van der Waals surface area contributed by atoms with E-state index < -0.39 is 0 Å². The quantitative estimate of drug-likeness (QED) is 0.674. The highest BCUT2D eigenvalue weighted by atomic mass is 32.1. The maximum atomic E-state index is 5.29. The first kappa shape index (κ1) is 14.5. The van der Waals surface area contributed by atoms with Crippen LogP contribution in [0.1, 0.15) is 17.5 Å². The summed E-state index contributed by atoms with van der Waals surface area (Å²) < 4.78 is 5.28. The van der Waals surface area contributed by atoms with Gasteiger partial charge in [-0.05, 0) is 42.8 Å². The van der Waals surface area contributed by atoms with Crippen LogP contribution in [0.5, 0.6) is 5.75 Å². The van der Waals surface area contributed by atoms with Gasteiger partial charge in [0.1, 0.15) is 5.75 Å². The fourth-order valence-electron chi connectivity index (χ4n) is 2.54. The number of methoxy groups -OCH3 is 1. The second-order valence-corrected chi connectivity index (χ2v) is 5.39. The molecule has 0 spiro atoms. The van der Waals surface area contributed by atoms with Crippen molar-refractivity contribution in [3.8, 4) is 5.75 Å². The third-order valence-electron chi connectivity index (χ3n) is 3.61. The Morgan fingerprint density at radius 2 is 1.86 bits per heavy atom. The van der Waals surface area contributed by atoms with Gasteiger partial charge in [-0.2, -0.15) is 5.10 Å². The number of anilines is 1. The Morgan fingerprint density at radius 3 is 2.73 bits per heavy atom. The minimum Gasteiger partial charge on any atom is -0.495 e. The lowest BCUT2D eigenvalue weighted by Gasteiger charge is -2.11.